The fourth-order valence-corrected chi connectivity index (χ4v) is 3.29. The van der Waals surface area contributed by atoms with E-state index in [1.54, 1.807) is 16.7 Å². The van der Waals surface area contributed by atoms with Gasteiger partial charge in [-0.3, -0.25) is 19.3 Å². The zero-order valence-corrected chi connectivity index (χ0v) is 15.8. The van der Waals surface area contributed by atoms with Crippen molar-refractivity contribution in [1.29, 1.82) is 0 Å². The number of fused-ring (bicyclic) bond motifs is 1. The molecule has 0 aliphatic heterocycles. The van der Waals surface area contributed by atoms with E-state index in [1.807, 2.05) is 40.8 Å². The summed E-state index contributed by atoms with van der Waals surface area (Å²) in [4.78, 5) is 28.1. The Bertz CT molecular complexity index is 965. The average molecular weight is 449 g/mol. The minimum atomic E-state index is -0.497. The first-order valence-corrected chi connectivity index (χ1v) is 9.05. The quantitative estimate of drug-likeness (QED) is 0.242. The van der Waals surface area contributed by atoms with E-state index in [2.05, 4.69) is 11.9 Å². The Kier molecular flexibility index (Phi) is 5.12. The molecule has 3 aromatic rings. The molecular weight excluding hydrogens is 433 g/mol. The zero-order valence-electron chi connectivity index (χ0n) is 13.6. The molecule has 0 saturated carbocycles. The van der Waals surface area contributed by atoms with Crippen LogP contribution >= 0.6 is 22.6 Å². The van der Waals surface area contributed by atoms with Gasteiger partial charge in [0.05, 0.1) is 16.1 Å². The van der Waals surface area contributed by atoms with Crippen LogP contribution in [0.1, 0.15) is 41.6 Å². The third-order valence-electron chi connectivity index (χ3n) is 4.00. The standard InChI is InChI=1S/C18H16IN3O3/c1-2-3-6-15-16-7-4-5-10-21(16)18(20-15)17(23)13-11-12(22(24)25)8-9-14(13)19/h4-5,7-11H,2-3,6H2,1H3. The van der Waals surface area contributed by atoms with Crippen molar-refractivity contribution in [3.63, 3.8) is 0 Å². The van der Waals surface area contributed by atoms with Crippen LogP contribution in [0.3, 0.4) is 0 Å². The Labute approximate surface area is 158 Å². The van der Waals surface area contributed by atoms with Gasteiger partial charge in [-0.2, -0.15) is 0 Å². The van der Waals surface area contributed by atoms with E-state index < -0.39 is 4.92 Å². The van der Waals surface area contributed by atoms with E-state index >= 15 is 0 Å². The topological polar surface area (TPSA) is 77.5 Å². The Morgan fingerprint density at radius 3 is 2.84 bits per heavy atom. The van der Waals surface area contributed by atoms with Gasteiger partial charge in [0.2, 0.25) is 5.78 Å². The molecule has 6 nitrogen and oxygen atoms in total. The van der Waals surface area contributed by atoms with Gasteiger partial charge in [0.1, 0.15) is 0 Å². The second kappa shape index (κ2) is 7.30. The van der Waals surface area contributed by atoms with E-state index in [1.165, 1.54) is 12.1 Å². The predicted octanol–water partition coefficient (Wildman–Crippen LogP) is 4.42. The molecule has 0 saturated heterocycles. The summed E-state index contributed by atoms with van der Waals surface area (Å²) in [6.45, 7) is 2.11. The van der Waals surface area contributed by atoms with E-state index in [0.717, 1.165) is 30.5 Å². The van der Waals surface area contributed by atoms with Crippen molar-refractivity contribution in [2.45, 2.75) is 26.2 Å². The van der Waals surface area contributed by atoms with Crippen molar-refractivity contribution in [3.8, 4) is 0 Å². The van der Waals surface area contributed by atoms with Crippen LogP contribution < -0.4 is 0 Å². The first kappa shape index (κ1) is 17.5. The van der Waals surface area contributed by atoms with Crippen LogP contribution in [-0.4, -0.2) is 20.1 Å². The molecule has 0 amide bonds. The Morgan fingerprint density at radius 1 is 1.32 bits per heavy atom. The summed E-state index contributed by atoms with van der Waals surface area (Å²) in [6.07, 6.45) is 4.63. The maximum atomic E-state index is 13.0. The number of aryl methyl sites for hydroxylation is 1. The lowest BCUT2D eigenvalue weighted by Crippen LogP contribution is -2.09. The Balaban J connectivity index is 2.12. The van der Waals surface area contributed by atoms with E-state index in [0.29, 0.717) is 15.0 Å². The SMILES string of the molecule is CCCCc1nc(C(=O)c2cc([N+](=O)[O-])ccc2I)n2ccccc12. The number of unbranched alkanes of at least 4 members (excludes halogenated alkanes) is 1. The number of ketones is 1. The minimum absolute atomic E-state index is 0.101. The molecule has 25 heavy (non-hydrogen) atoms. The number of imidazole rings is 1. The number of aromatic nitrogens is 2. The molecule has 1 aromatic carbocycles. The number of hydrogen-bond acceptors (Lipinski definition) is 4. The number of pyridine rings is 1. The molecule has 0 spiro atoms. The fourth-order valence-electron chi connectivity index (χ4n) is 2.71. The molecule has 0 radical (unpaired) electrons. The van der Waals surface area contributed by atoms with Crippen molar-refractivity contribution in [2.24, 2.45) is 0 Å². The lowest BCUT2D eigenvalue weighted by Gasteiger charge is -2.03. The van der Waals surface area contributed by atoms with Crippen LogP contribution in [0.5, 0.6) is 0 Å². The third kappa shape index (κ3) is 3.41. The number of hydrogen-bond donors (Lipinski definition) is 0. The summed E-state index contributed by atoms with van der Waals surface area (Å²) in [5, 5.41) is 11.0. The molecular formula is C18H16IN3O3. The Morgan fingerprint density at radius 2 is 2.12 bits per heavy atom. The number of benzene rings is 1. The molecule has 0 unspecified atom stereocenters. The first-order chi connectivity index (χ1) is 12.0. The number of carbonyl (C=O) groups excluding carboxylic acids is 1. The minimum Gasteiger partial charge on any atom is -0.297 e. The van der Waals surface area contributed by atoms with Crippen molar-refractivity contribution >= 4 is 39.6 Å². The van der Waals surface area contributed by atoms with E-state index in [-0.39, 0.29) is 11.5 Å². The van der Waals surface area contributed by atoms with E-state index in [9.17, 15) is 14.9 Å². The lowest BCUT2D eigenvalue weighted by atomic mass is 10.1. The number of nitro benzene ring substituents is 1. The van der Waals surface area contributed by atoms with Gasteiger partial charge in [0, 0.05) is 27.5 Å². The number of nitrogens with zero attached hydrogens (tertiary/aromatic N) is 3. The first-order valence-electron chi connectivity index (χ1n) is 7.97. The molecule has 0 bridgehead atoms. The van der Waals surface area contributed by atoms with Crippen molar-refractivity contribution in [3.05, 3.63) is 73.4 Å². The summed E-state index contributed by atoms with van der Waals surface area (Å²) in [6, 6.07) is 9.99. The van der Waals surface area contributed by atoms with Gasteiger partial charge in [-0.1, -0.05) is 19.4 Å². The number of halogens is 1. The highest BCUT2D eigenvalue weighted by Crippen LogP contribution is 2.24. The van der Waals surface area contributed by atoms with Gasteiger partial charge in [-0.05, 0) is 53.6 Å². The molecule has 2 aromatic heterocycles. The van der Waals surface area contributed by atoms with Crippen LogP contribution in [0.4, 0.5) is 5.69 Å². The summed E-state index contributed by atoms with van der Waals surface area (Å²) in [5.41, 5.74) is 1.98. The molecule has 0 fully saturated rings. The Hall–Kier alpha value is -2.29. The number of nitro groups is 1. The summed E-state index contributed by atoms with van der Waals surface area (Å²) in [5.74, 6) is -0.0165. The molecule has 0 aliphatic carbocycles. The lowest BCUT2D eigenvalue weighted by molar-refractivity contribution is -0.384. The highest BCUT2D eigenvalue weighted by molar-refractivity contribution is 14.1. The maximum absolute atomic E-state index is 13.0. The molecule has 7 heteroatoms. The van der Waals surface area contributed by atoms with E-state index in [4.69, 9.17) is 0 Å². The van der Waals surface area contributed by atoms with Crippen molar-refractivity contribution in [2.75, 3.05) is 0 Å². The smallest absolute Gasteiger partial charge is 0.270 e. The van der Waals surface area contributed by atoms with Crippen molar-refractivity contribution in [1.82, 2.24) is 9.38 Å². The molecule has 0 N–H and O–H groups in total. The highest BCUT2D eigenvalue weighted by Gasteiger charge is 2.22. The molecule has 0 aliphatic rings. The van der Waals surface area contributed by atoms with Gasteiger partial charge in [-0.15, -0.1) is 0 Å². The zero-order chi connectivity index (χ0) is 18.0. The largest absolute Gasteiger partial charge is 0.297 e. The molecule has 128 valence electrons. The van der Waals surface area contributed by atoms with Crippen LogP contribution in [0, 0.1) is 13.7 Å². The average Bonchev–Trinajstić information content (AvgIpc) is 2.98. The third-order valence-corrected chi connectivity index (χ3v) is 4.94. The van der Waals surface area contributed by atoms with Gasteiger partial charge >= 0.3 is 0 Å². The molecule has 3 rings (SSSR count). The van der Waals surface area contributed by atoms with Gasteiger partial charge in [-0.25, -0.2) is 4.98 Å². The van der Waals surface area contributed by atoms with Crippen LogP contribution in [0.2, 0.25) is 0 Å². The second-order valence-corrected chi connectivity index (χ2v) is 6.85. The normalized spacial score (nSPS) is 11.0. The van der Waals surface area contributed by atoms with Gasteiger partial charge < -0.3 is 0 Å². The van der Waals surface area contributed by atoms with Gasteiger partial charge in [0.15, 0.2) is 5.82 Å². The maximum Gasteiger partial charge on any atom is 0.270 e. The monoisotopic (exact) mass is 449 g/mol. The number of carbonyl (C=O) groups is 1. The van der Waals surface area contributed by atoms with Crippen LogP contribution in [0.25, 0.3) is 5.52 Å². The number of non-ortho nitro benzene ring substituents is 1. The second-order valence-electron chi connectivity index (χ2n) is 5.69. The molecule has 2 heterocycles. The van der Waals surface area contributed by atoms with Gasteiger partial charge in [0.25, 0.3) is 5.69 Å². The fraction of sp³-hybridized carbons (Fsp3) is 0.222. The van der Waals surface area contributed by atoms with Crippen LogP contribution in [-0.2, 0) is 6.42 Å². The molecule has 0 atom stereocenters. The highest BCUT2D eigenvalue weighted by atomic mass is 127. The number of rotatable bonds is 6. The summed E-state index contributed by atoms with van der Waals surface area (Å²) >= 11 is 2.02. The summed E-state index contributed by atoms with van der Waals surface area (Å²) < 4.78 is 2.43. The predicted molar refractivity (Wildman–Crippen MR) is 103 cm³/mol. The van der Waals surface area contributed by atoms with Crippen LogP contribution in [0.15, 0.2) is 42.6 Å². The summed E-state index contributed by atoms with van der Waals surface area (Å²) in [7, 11) is 0. The van der Waals surface area contributed by atoms with Crippen molar-refractivity contribution < 1.29 is 9.72 Å².